The van der Waals surface area contributed by atoms with E-state index >= 15 is 0 Å². The average Bonchev–Trinajstić information content (AvgIpc) is 2.53. The van der Waals surface area contributed by atoms with Crippen molar-refractivity contribution in [1.82, 2.24) is 4.90 Å². The summed E-state index contributed by atoms with van der Waals surface area (Å²) in [6, 6.07) is 8.30. The Morgan fingerprint density at radius 1 is 1.36 bits per heavy atom. The quantitative estimate of drug-likeness (QED) is 0.910. The minimum atomic E-state index is -0.776. The Kier molecular flexibility index (Phi) is 4.75. The van der Waals surface area contributed by atoms with Crippen molar-refractivity contribution >= 4 is 5.91 Å². The number of benzene rings is 1. The second-order valence-corrected chi connectivity index (χ2v) is 5.55. The lowest BCUT2D eigenvalue weighted by atomic mass is 9.72. The summed E-state index contributed by atoms with van der Waals surface area (Å²) >= 11 is 0. The largest absolute Gasteiger partial charge is 0.370 e. The van der Waals surface area contributed by atoms with Crippen molar-refractivity contribution in [2.45, 2.75) is 24.7 Å². The normalized spacial score (nSPS) is 17.4. The van der Waals surface area contributed by atoms with Crippen LogP contribution in [0.4, 0.5) is 4.39 Å². The summed E-state index contributed by atoms with van der Waals surface area (Å²) in [7, 11) is 0. The molecule has 114 valence electrons. The molecule has 0 unspecified atom stereocenters. The van der Waals surface area contributed by atoms with E-state index in [0.717, 1.165) is 0 Å². The van der Waals surface area contributed by atoms with Crippen LogP contribution < -0.4 is 5.73 Å². The third kappa shape index (κ3) is 3.24. The maximum absolute atomic E-state index is 13.3. The Morgan fingerprint density at radius 3 is 2.59 bits per heavy atom. The van der Waals surface area contributed by atoms with Crippen LogP contribution in [0.5, 0.6) is 0 Å². The Balaban J connectivity index is 2.18. The van der Waals surface area contributed by atoms with E-state index in [2.05, 4.69) is 11.0 Å². The molecule has 1 fully saturated rings. The molecule has 1 aromatic rings. The molecular weight excluding hydrogens is 283 g/mol. The van der Waals surface area contributed by atoms with Crippen LogP contribution in [0.15, 0.2) is 18.2 Å². The van der Waals surface area contributed by atoms with Crippen molar-refractivity contribution in [3.8, 4) is 12.1 Å². The first-order valence-electron chi connectivity index (χ1n) is 7.13. The minimum absolute atomic E-state index is 0.215. The second-order valence-electron chi connectivity index (χ2n) is 5.55. The van der Waals surface area contributed by atoms with Crippen molar-refractivity contribution in [2.75, 3.05) is 19.6 Å². The van der Waals surface area contributed by atoms with E-state index in [0.29, 0.717) is 44.5 Å². The number of hydrogen-bond acceptors (Lipinski definition) is 4. The Labute approximate surface area is 128 Å². The molecule has 22 heavy (non-hydrogen) atoms. The van der Waals surface area contributed by atoms with Gasteiger partial charge in [-0.15, -0.1) is 0 Å². The average molecular weight is 300 g/mol. The molecule has 0 radical (unpaired) electrons. The van der Waals surface area contributed by atoms with Crippen LogP contribution in [0.2, 0.25) is 0 Å². The number of nitriles is 2. The number of primary amides is 1. The van der Waals surface area contributed by atoms with Gasteiger partial charge in [0.15, 0.2) is 0 Å². The van der Waals surface area contributed by atoms with E-state index in [4.69, 9.17) is 5.73 Å². The lowest BCUT2D eigenvalue weighted by Crippen LogP contribution is -2.43. The van der Waals surface area contributed by atoms with Gasteiger partial charge in [-0.25, -0.2) is 4.39 Å². The predicted octanol–water partition coefficient (Wildman–Crippen LogP) is 1.43. The van der Waals surface area contributed by atoms with Gasteiger partial charge >= 0.3 is 0 Å². The van der Waals surface area contributed by atoms with E-state index < -0.39 is 11.2 Å². The van der Waals surface area contributed by atoms with Gasteiger partial charge < -0.3 is 10.6 Å². The molecule has 2 rings (SSSR count). The molecule has 0 spiro atoms. The molecule has 1 heterocycles. The molecule has 0 bridgehead atoms. The number of nitrogens with two attached hydrogens (primary N) is 1. The first-order valence-corrected chi connectivity index (χ1v) is 7.13. The van der Waals surface area contributed by atoms with Crippen molar-refractivity contribution in [3.63, 3.8) is 0 Å². The molecule has 1 aliphatic rings. The summed E-state index contributed by atoms with van der Waals surface area (Å²) < 4.78 is 13.3. The fourth-order valence-electron chi connectivity index (χ4n) is 2.89. The number of piperidine rings is 1. The van der Waals surface area contributed by atoms with Crippen LogP contribution in [0.1, 0.15) is 30.4 Å². The first kappa shape index (κ1) is 15.9. The highest BCUT2D eigenvalue weighted by Crippen LogP contribution is 2.37. The van der Waals surface area contributed by atoms with Gasteiger partial charge in [0.2, 0.25) is 5.91 Å². The molecular formula is C16H17FN4O. The number of carbonyl (C=O) groups excluding carboxylic acids is 1. The fraction of sp³-hybridized carbons (Fsp3) is 0.438. The summed E-state index contributed by atoms with van der Waals surface area (Å²) in [6.45, 7) is 1.86. The van der Waals surface area contributed by atoms with Crippen molar-refractivity contribution in [2.24, 2.45) is 5.73 Å². The number of rotatable bonds is 4. The zero-order chi connectivity index (χ0) is 16.2. The van der Waals surface area contributed by atoms with Gasteiger partial charge in [-0.2, -0.15) is 10.5 Å². The molecule has 2 N–H and O–H groups in total. The predicted molar refractivity (Wildman–Crippen MR) is 77.9 cm³/mol. The number of amides is 1. The van der Waals surface area contributed by atoms with Crippen molar-refractivity contribution in [3.05, 3.63) is 35.1 Å². The number of carbonyl (C=O) groups is 1. The highest BCUT2D eigenvalue weighted by atomic mass is 19.1. The van der Waals surface area contributed by atoms with Crippen molar-refractivity contribution < 1.29 is 9.18 Å². The van der Waals surface area contributed by atoms with Gasteiger partial charge in [-0.05, 0) is 43.6 Å². The Bertz CT molecular complexity index is 651. The first-order chi connectivity index (χ1) is 10.5. The standard InChI is InChI=1S/C16H17FN4O/c17-13-1-2-14(12(9-13)10-18)16(11-19)4-7-21(8-5-16)6-3-15(20)22/h1-2,9H,3-8H2,(H2,20,22). The van der Waals surface area contributed by atoms with Gasteiger partial charge in [0, 0.05) is 13.0 Å². The second kappa shape index (κ2) is 6.55. The minimum Gasteiger partial charge on any atom is -0.370 e. The van der Waals surface area contributed by atoms with Gasteiger partial charge in [0.25, 0.3) is 0 Å². The molecule has 0 aromatic heterocycles. The zero-order valence-corrected chi connectivity index (χ0v) is 12.2. The fourth-order valence-corrected chi connectivity index (χ4v) is 2.89. The van der Waals surface area contributed by atoms with Crippen molar-refractivity contribution in [1.29, 1.82) is 10.5 Å². The topological polar surface area (TPSA) is 93.9 Å². The third-order valence-electron chi connectivity index (χ3n) is 4.22. The molecule has 1 amide bonds. The summed E-state index contributed by atoms with van der Waals surface area (Å²) in [5.41, 5.74) is 5.17. The summed E-state index contributed by atoms with van der Waals surface area (Å²) in [6.07, 6.45) is 1.38. The maximum atomic E-state index is 13.3. The number of likely N-dealkylation sites (tertiary alicyclic amines) is 1. The van der Waals surface area contributed by atoms with Crippen LogP contribution in [0.25, 0.3) is 0 Å². The number of nitrogens with zero attached hydrogens (tertiary/aromatic N) is 3. The highest BCUT2D eigenvalue weighted by Gasteiger charge is 2.38. The molecule has 0 aliphatic carbocycles. The van der Waals surface area contributed by atoms with E-state index in [-0.39, 0.29) is 11.5 Å². The Hall–Kier alpha value is -2.44. The molecule has 1 saturated heterocycles. The van der Waals surface area contributed by atoms with E-state index in [9.17, 15) is 19.7 Å². The van der Waals surface area contributed by atoms with Crippen LogP contribution in [0, 0.1) is 28.5 Å². The van der Waals surface area contributed by atoms with Gasteiger partial charge in [0.1, 0.15) is 5.82 Å². The monoisotopic (exact) mass is 300 g/mol. The molecule has 1 aromatic carbocycles. The summed E-state index contributed by atoms with van der Waals surface area (Å²) in [4.78, 5) is 12.9. The van der Waals surface area contributed by atoms with Crippen LogP contribution in [-0.2, 0) is 10.2 Å². The van der Waals surface area contributed by atoms with E-state index in [1.54, 1.807) is 0 Å². The molecule has 1 aliphatic heterocycles. The number of hydrogen-bond donors (Lipinski definition) is 1. The summed E-state index contributed by atoms with van der Waals surface area (Å²) in [5, 5.41) is 18.8. The maximum Gasteiger partial charge on any atom is 0.218 e. The van der Waals surface area contributed by atoms with E-state index in [1.807, 2.05) is 6.07 Å². The smallest absolute Gasteiger partial charge is 0.218 e. The third-order valence-corrected chi connectivity index (χ3v) is 4.22. The lowest BCUT2D eigenvalue weighted by Gasteiger charge is -2.37. The van der Waals surface area contributed by atoms with Crippen LogP contribution >= 0.6 is 0 Å². The lowest BCUT2D eigenvalue weighted by molar-refractivity contribution is -0.118. The number of halogens is 1. The van der Waals surface area contributed by atoms with Crippen LogP contribution in [-0.4, -0.2) is 30.4 Å². The molecule has 5 nitrogen and oxygen atoms in total. The summed E-state index contributed by atoms with van der Waals surface area (Å²) in [5.74, 6) is -0.824. The SMILES string of the molecule is N#Cc1cc(F)ccc1C1(C#N)CCN(CCC(N)=O)CC1. The molecule has 0 saturated carbocycles. The molecule has 6 heteroatoms. The van der Waals surface area contributed by atoms with Gasteiger partial charge in [-0.3, -0.25) is 4.79 Å². The van der Waals surface area contributed by atoms with Crippen LogP contribution in [0.3, 0.4) is 0 Å². The van der Waals surface area contributed by atoms with E-state index in [1.165, 1.54) is 18.2 Å². The van der Waals surface area contributed by atoms with Gasteiger partial charge in [-0.1, -0.05) is 6.07 Å². The zero-order valence-electron chi connectivity index (χ0n) is 12.2. The Morgan fingerprint density at radius 2 is 2.05 bits per heavy atom. The van der Waals surface area contributed by atoms with Gasteiger partial charge in [0.05, 0.1) is 23.1 Å². The molecule has 0 atom stereocenters. The highest BCUT2D eigenvalue weighted by molar-refractivity contribution is 5.73.